The van der Waals surface area contributed by atoms with Crippen molar-refractivity contribution in [3.05, 3.63) is 47.8 Å². The highest BCUT2D eigenvalue weighted by Gasteiger charge is 2.15. The average Bonchev–Trinajstić information content (AvgIpc) is 3.11. The number of para-hydroxylation sites is 1. The number of fused-ring (bicyclic) bond motifs is 1. The van der Waals surface area contributed by atoms with Gasteiger partial charge in [0.15, 0.2) is 0 Å². The summed E-state index contributed by atoms with van der Waals surface area (Å²) in [5.41, 5.74) is 2.75. The third-order valence-electron chi connectivity index (χ3n) is 3.59. The Morgan fingerprint density at radius 3 is 3.05 bits per heavy atom. The third kappa shape index (κ3) is 2.67. The van der Waals surface area contributed by atoms with Gasteiger partial charge in [-0.1, -0.05) is 18.2 Å². The second kappa shape index (κ2) is 5.93. The highest BCUT2D eigenvalue weighted by molar-refractivity contribution is 5.96. The minimum atomic E-state index is -0.176. The zero-order valence-corrected chi connectivity index (χ0v) is 12.6. The molecule has 2 N–H and O–H groups in total. The Hall–Kier alpha value is -2.76. The van der Waals surface area contributed by atoms with Crippen LogP contribution < -0.4 is 10.1 Å². The summed E-state index contributed by atoms with van der Waals surface area (Å²) in [6.07, 6.45) is 4.40. The van der Waals surface area contributed by atoms with E-state index in [9.17, 15) is 4.79 Å². The maximum absolute atomic E-state index is 12.2. The van der Waals surface area contributed by atoms with Gasteiger partial charge in [-0.05, 0) is 18.1 Å². The number of nitrogens with zero attached hydrogens (tertiary/aromatic N) is 2. The lowest BCUT2D eigenvalue weighted by Crippen LogP contribution is -2.25. The number of ether oxygens (including phenoxy) is 1. The van der Waals surface area contributed by atoms with E-state index >= 15 is 0 Å². The summed E-state index contributed by atoms with van der Waals surface area (Å²) in [6, 6.07) is 8.13. The van der Waals surface area contributed by atoms with E-state index in [0.29, 0.717) is 18.0 Å². The number of hydrogen-bond donors (Lipinski definition) is 2. The fraction of sp³-hybridized carbons (Fsp3) is 0.250. The van der Waals surface area contributed by atoms with Gasteiger partial charge in [-0.25, -0.2) is 0 Å². The maximum atomic E-state index is 12.2. The Bertz CT molecular complexity index is 803. The highest BCUT2D eigenvalue weighted by atomic mass is 16.5. The summed E-state index contributed by atoms with van der Waals surface area (Å²) in [7, 11) is 3.26. The monoisotopic (exact) mass is 298 g/mol. The van der Waals surface area contributed by atoms with E-state index < -0.39 is 0 Å². The van der Waals surface area contributed by atoms with Gasteiger partial charge in [-0.3, -0.25) is 9.48 Å². The Labute approximate surface area is 128 Å². The minimum Gasteiger partial charge on any atom is -0.479 e. The molecule has 2 aromatic heterocycles. The van der Waals surface area contributed by atoms with Crippen molar-refractivity contribution in [1.82, 2.24) is 20.1 Å². The number of benzene rings is 1. The smallest absolute Gasteiger partial charge is 0.258 e. The number of nitrogens with one attached hydrogen (secondary N) is 2. The molecule has 0 saturated carbocycles. The summed E-state index contributed by atoms with van der Waals surface area (Å²) in [5.74, 6) is 0.164. The van der Waals surface area contributed by atoms with E-state index in [2.05, 4.69) is 21.5 Å². The van der Waals surface area contributed by atoms with Crippen LogP contribution in [0, 0.1) is 0 Å². The van der Waals surface area contributed by atoms with E-state index in [4.69, 9.17) is 4.74 Å². The molecule has 0 atom stereocenters. The Balaban J connectivity index is 1.64. The molecule has 0 unspecified atom stereocenters. The van der Waals surface area contributed by atoms with Gasteiger partial charge in [-0.15, -0.1) is 5.10 Å². The molecule has 22 heavy (non-hydrogen) atoms. The number of amides is 1. The molecule has 0 aliphatic heterocycles. The minimum absolute atomic E-state index is 0.176. The summed E-state index contributed by atoms with van der Waals surface area (Å²) in [4.78, 5) is 15.4. The topological polar surface area (TPSA) is 71.9 Å². The van der Waals surface area contributed by atoms with Crippen LogP contribution in [0.5, 0.6) is 5.88 Å². The summed E-state index contributed by atoms with van der Waals surface area (Å²) < 4.78 is 6.66. The SMILES string of the molecule is COc1nn(C)cc1C(=O)NCCc1c[nH]c2ccccc12. The number of aromatic nitrogens is 3. The first kappa shape index (κ1) is 14.2. The molecular formula is C16H18N4O2. The molecule has 0 spiro atoms. The van der Waals surface area contributed by atoms with Crippen LogP contribution in [0.15, 0.2) is 36.7 Å². The molecule has 0 aliphatic rings. The Morgan fingerprint density at radius 2 is 2.23 bits per heavy atom. The molecule has 114 valence electrons. The van der Waals surface area contributed by atoms with Gasteiger partial charge in [0.05, 0.1) is 7.11 Å². The first-order valence-corrected chi connectivity index (χ1v) is 7.10. The number of carbonyl (C=O) groups excluding carboxylic acids is 1. The molecular weight excluding hydrogens is 280 g/mol. The first-order chi connectivity index (χ1) is 10.7. The number of hydrogen-bond acceptors (Lipinski definition) is 3. The molecule has 1 aromatic carbocycles. The fourth-order valence-electron chi connectivity index (χ4n) is 2.52. The molecule has 0 saturated heterocycles. The molecule has 6 nitrogen and oxygen atoms in total. The van der Waals surface area contributed by atoms with Crippen LogP contribution in [0.1, 0.15) is 15.9 Å². The van der Waals surface area contributed by atoms with Gasteiger partial charge in [0, 0.05) is 36.9 Å². The van der Waals surface area contributed by atoms with Crippen molar-refractivity contribution in [2.75, 3.05) is 13.7 Å². The molecule has 0 fully saturated rings. The van der Waals surface area contributed by atoms with Gasteiger partial charge in [0.25, 0.3) is 5.91 Å². The van der Waals surface area contributed by atoms with Crippen LogP contribution in [0.25, 0.3) is 10.9 Å². The zero-order chi connectivity index (χ0) is 15.5. The van der Waals surface area contributed by atoms with E-state index in [1.807, 2.05) is 24.4 Å². The standard InChI is InChI=1S/C16H18N4O2/c1-20-10-13(16(19-20)22-2)15(21)17-8-7-11-9-18-14-6-4-3-5-12(11)14/h3-6,9-10,18H,7-8H2,1-2H3,(H,17,21). The van der Waals surface area contributed by atoms with E-state index in [-0.39, 0.29) is 5.91 Å². The molecule has 0 bridgehead atoms. The molecule has 0 radical (unpaired) electrons. The molecule has 3 rings (SSSR count). The number of methoxy groups -OCH3 is 1. The van der Waals surface area contributed by atoms with E-state index in [1.165, 1.54) is 18.1 Å². The molecule has 2 heterocycles. The van der Waals surface area contributed by atoms with Gasteiger partial charge >= 0.3 is 0 Å². The van der Waals surface area contributed by atoms with E-state index in [0.717, 1.165) is 11.9 Å². The second-order valence-corrected chi connectivity index (χ2v) is 5.09. The van der Waals surface area contributed by atoms with Gasteiger partial charge in [0.1, 0.15) is 5.56 Å². The van der Waals surface area contributed by atoms with Crippen LogP contribution in [0.2, 0.25) is 0 Å². The first-order valence-electron chi connectivity index (χ1n) is 7.10. The molecule has 3 aromatic rings. The predicted octanol–water partition coefficient (Wildman–Crippen LogP) is 1.88. The van der Waals surface area contributed by atoms with Crippen LogP contribution in [0.4, 0.5) is 0 Å². The summed E-state index contributed by atoms with van der Waals surface area (Å²) >= 11 is 0. The lowest BCUT2D eigenvalue weighted by molar-refractivity contribution is 0.0951. The number of H-pyrrole nitrogens is 1. The van der Waals surface area contributed by atoms with Crippen molar-refractivity contribution in [1.29, 1.82) is 0 Å². The lowest BCUT2D eigenvalue weighted by Gasteiger charge is -2.04. The quantitative estimate of drug-likeness (QED) is 0.755. The molecule has 0 aliphatic carbocycles. The highest BCUT2D eigenvalue weighted by Crippen LogP contribution is 2.18. The number of carbonyl (C=O) groups is 1. The van der Waals surface area contributed by atoms with Crippen molar-refractivity contribution in [3.63, 3.8) is 0 Å². The largest absolute Gasteiger partial charge is 0.479 e. The zero-order valence-electron chi connectivity index (χ0n) is 12.6. The molecule has 1 amide bonds. The van der Waals surface area contributed by atoms with Crippen LogP contribution in [-0.2, 0) is 13.5 Å². The Morgan fingerprint density at radius 1 is 1.41 bits per heavy atom. The van der Waals surface area contributed by atoms with Crippen LogP contribution >= 0.6 is 0 Å². The van der Waals surface area contributed by atoms with Crippen molar-refractivity contribution >= 4 is 16.8 Å². The lowest BCUT2D eigenvalue weighted by atomic mass is 10.1. The third-order valence-corrected chi connectivity index (χ3v) is 3.59. The maximum Gasteiger partial charge on any atom is 0.258 e. The van der Waals surface area contributed by atoms with Crippen molar-refractivity contribution in [3.8, 4) is 5.88 Å². The summed E-state index contributed by atoms with van der Waals surface area (Å²) in [5, 5.41) is 8.17. The van der Waals surface area contributed by atoms with Crippen molar-refractivity contribution in [2.24, 2.45) is 7.05 Å². The van der Waals surface area contributed by atoms with Crippen molar-refractivity contribution in [2.45, 2.75) is 6.42 Å². The number of rotatable bonds is 5. The van der Waals surface area contributed by atoms with Crippen LogP contribution in [-0.4, -0.2) is 34.3 Å². The van der Waals surface area contributed by atoms with Gasteiger partial charge < -0.3 is 15.0 Å². The predicted molar refractivity (Wildman–Crippen MR) is 84.1 cm³/mol. The number of aryl methyl sites for hydroxylation is 1. The second-order valence-electron chi connectivity index (χ2n) is 5.09. The average molecular weight is 298 g/mol. The summed E-state index contributed by atoms with van der Waals surface area (Å²) in [6.45, 7) is 0.554. The number of aromatic amines is 1. The van der Waals surface area contributed by atoms with Gasteiger partial charge in [0.2, 0.25) is 5.88 Å². The normalized spacial score (nSPS) is 10.8. The molecule has 6 heteroatoms. The fourth-order valence-corrected chi connectivity index (χ4v) is 2.52. The van der Waals surface area contributed by atoms with E-state index in [1.54, 1.807) is 17.9 Å². The van der Waals surface area contributed by atoms with Crippen LogP contribution in [0.3, 0.4) is 0 Å². The van der Waals surface area contributed by atoms with Gasteiger partial charge in [-0.2, -0.15) is 0 Å². The Kier molecular flexibility index (Phi) is 3.82. The van der Waals surface area contributed by atoms with Crippen molar-refractivity contribution < 1.29 is 9.53 Å².